The van der Waals surface area contributed by atoms with Crippen LogP contribution in [0, 0.1) is 0 Å². The van der Waals surface area contributed by atoms with Crippen LogP contribution in [0.25, 0.3) is 0 Å². The van der Waals surface area contributed by atoms with Crippen molar-refractivity contribution in [3.8, 4) is 0 Å². The van der Waals surface area contributed by atoms with Gasteiger partial charge in [0, 0.05) is 41.5 Å². The Morgan fingerprint density at radius 1 is 0.800 bits per heavy atom. The van der Waals surface area contributed by atoms with Crippen LogP contribution in [0.2, 0.25) is 5.02 Å². The molecule has 0 spiro atoms. The molecule has 11 heteroatoms. The van der Waals surface area contributed by atoms with E-state index >= 15 is 0 Å². The normalized spacial score (nSPS) is 14.9. The number of hydrogen-bond donors (Lipinski definition) is 0. The Morgan fingerprint density at radius 2 is 1.38 bits per heavy atom. The van der Waals surface area contributed by atoms with Gasteiger partial charge in [-0.3, -0.25) is 18.9 Å². The van der Waals surface area contributed by atoms with Gasteiger partial charge in [0.15, 0.2) is 0 Å². The van der Waals surface area contributed by atoms with E-state index in [0.717, 1.165) is 16.7 Å². The predicted molar refractivity (Wildman–Crippen MR) is 175 cm³/mol. The molecule has 2 aliphatic heterocycles. The van der Waals surface area contributed by atoms with Gasteiger partial charge in [-0.1, -0.05) is 48.0 Å². The van der Waals surface area contributed by atoms with E-state index in [4.69, 9.17) is 20.6 Å². The standard InChI is InChI=1S/C34H37ClN3O6P/c1-3-43-45(42,44-4-2)20-17-25-7-12-29-23-37(34(41)28-13-15-30(35)16-14-28)24-32(39)38(31(29)21-25)22-26-8-10-27(11-9-26)33(40)36-18-5-6-19-36/h5-16,21H,3-4,17-20,22-24H2,1-2H3. The third-order valence-electron chi connectivity index (χ3n) is 7.78. The Kier molecular flexibility index (Phi) is 10.6. The summed E-state index contributed by atoms with van der Waals surface area (Å²) in [6.45, 7) is 5.66. The molecule has 2 heterocycles. The number of aryl methyl sites for hydroxylation is 1. The summed E-state index contributed by atoms with van der Waals surface area (Å²) in [5.74, 6) is -0.559. The molecule has 3 aromatic rings. The number of carbonyl (C=O) groups excluding carboxylic acids is 3. The van der Waals surface area contributed by atoms with Crippen molar-refractivity contribution >= 4 is 42.6 Å². The Bertz CT molecular complexity index is 1610. The molecular weight excluding hydrogens is 613 g/mol. The average Bonchev–Trinajstić information content (AvgIpc) is 3.54. The van der Waals surface area contributed by atoms with E-state index < -0.39 is 7.60 Å². The van der Waals surface area contributed by atoms with Crippen LogP contribution < -0.4 is 4.90 Å². The fraction of sp³-hybridized carbons (Fsp3) is 0.324. The number of halogens is 1. The van der Waals surface area contributed by atoms with Gasteiger partial charge in [0.05, 0.1) is 25.9 Å². The first-order chi connectivity index (χ1) is 21.7. The van der Waals surface area contributed by atoms with Gasteiger partial charge >= 0.3 is 7.60 Å². The molecule has 0 radical (unpaired) electrons. The Labute approximate surface area is 268 Å². The van der Waals surface area contributed by atoms with Crippen molar-refractivity contribution in [1.82, 2.24) is 9.80 Å². The molecule has 3 aromatic carbocycles. The van der Waals surface area contributed by atoms with Crippen molar-refractivity contribution in [3.05, 3.63) is 112 Å². The van der Waals surface area contributed by atoms with E-state index in [1.807, 2.05) is 42.5 Å². The molecule has 0 fully saturated rings. The highest BCUT2D eigenvalue weighted by atomic mass is 35.5. The quantitative estimate of drug-likeness (QED) is 0.177. The SMILES string of the molecule is CCOP(=O)(CCc1ccc2c(c1)N(Cc1ccc(C(=O)N3CC=CC3)cc1)C(=O)CN(C(=O)c1ccc(Cl)cc1)C2)OCC. The van der Waals surface area contributed by atoms with Crippen LogP contribution in [0.1, 0.15) is 51.3 Å². The number of amides is 3. The molecule has 9 nitrogen and oxygen atoms in total. The highest BCUT2D eigenvalue weighted by Crippen LogP contribution is 2.48. The summed E-state index contributed by atoms with van der Waals surface area (Å²) in [6.07, 6.45) is 4.56. The lowest BCUT2D eigenvalue weighted by Crippen LogP contribution is -2.39. The van der Waals surface area contributed by atoms with Crippen molar-refractivity contribution in [2.45, 2.75) is 33.4 Å². The molecular formula is C34H37ClN3O6P. The molecule has 0 bridgehead atoms. The Morgan fingerprint density at radius 3 is 2.00 bits per heavy atom. The van der Waals surface area contributed by atoms with Crippen molar-refractivity contribution in [2.24, 2.45) is 0 Å². The van der Waals surface area contributed by atoms with Gasteiger partial charge in [-0.15, -0.1) is 0 Å². The van der Waals surface area contributed by atoms with Gasteiger partial charge in [0.2, 0.25) is 5.91 Å². The maximum Gasteiger partial charge on any atom is 0.330 e. The monoisotopic (exact) mass is 649 g/mol. The second kappa shape index (κ2) is 14.6. The fourth-order valence-electron chi connectivity index (χ4n) is 5.47. The number of benzene rings is 3. The van der Waals surface area contributed by atoms with Crippen molar-refractivity contribution in [1.29, 1.82) is 0 Å². The molecule has 236 valence electrons. The van der Waals surface area contributed by atoms with Gasteiger partial charge in [-0.25, -0.2) is 0 Å². The van der Waals surface area contributed by atoms with Crippen LogP contribution in [-0.2, 0) is 37.9 Å². The van der Waals surface area contributed by atoms with E-state index in [1.54, 1.807) is 60.0 Å². The Hall–Kier alpha value is -3.75. The van der Waals surface area contributed by atoms with Gasteiger partial charge in [-0.2, -0.15) is 0 Å². The van der Waals surface area contributed by atoms with Crippen molar-refractivity contribution in [3.63, 3.8) is 0 Å². The molecule has 0 saturated carbocycles. The van der Waals surface area contributed by atoms with Crippen molar-refractivity contribution < 1.29 is 28.0 Å². The lowest BCUT2D eigenvalue weighted by Gasteiger charge is -2.24. The molecule has 0 aliphatic carbocycles. The number of carbonyl (C=O) groups is 3. The third kappa shape index (κ3) is 7.92. The first kappa shape index (κ1) is 32.6. The van der Waals surface area contributed by atoms with Gasteiger partial charge in [-0.05, 0) is 79.4 Å². The van der Waals surface area contributed by atoms with Crippen molar-refractivity contribution in [2.75, 3.05) is 43.9 Å². The minimum atomic E-state index is -3.26. The second-order valence-electron chi connectivity index (χ2n) is 10.9. The second-order valence-corrected chi connectivity index (χ2v) is 13.5. The number of anilines is 1. The molecule has 0 N–H and O–H groups in total. The molecule has 5 rings (SSSR count). The maximum absolute atomic E-state index is 13.9. The van der Waals surface area contributed by atoms with Crippen LogP contribution in [0.4, 0.5) is 5.69 Å². The van der Waals surface area contributed by atoms with E-state index in [0.29, 0.717) is 41.3 Å². The van der Waals surface area contributed by atoms with Crippen LogP contribution in [-0.4, -0.2) is 66.5 Å². The van der Waals surface area contributed by atoms with Crippen LogP contribution in [0.15, 0.2) is 78.9 Å². The van der Waals surface area contributed by atoms with Crippen LogP contribution in [0.3, 0.4) is 0 Å². The van der Waals surface area contributed by atoms with E-state index in [9.17, 15) is 18.9 Å². The molecule has 0 aromatic heterocycles. The maximum atomic E-state index is 13.9. The lowest BCUT2D eigenvalue weighted by atomic mass is 10.0. The molecule has 3 amide bonds. The fourth-order valence-corrected chi connectivity index (χ4v) is 7.25. The largest absolute Gasteiger partial charge is 0.331 e. The number of fused-ring (bicyclic) bond motifs is 1. The minimum Gasteiger partial charge on any atom is -0.331 e. The van der Waals surface area contributed by atoms with Gasteiger partial charge in [0.25, 0.3) is 11.8 Å². The van der Waals surface area contributed by atoms with Crippen LogP contribution in [0.5, 0.6) is 0 Å². The molecule has 45 heavy (non-hydrogen) atoms. The highest BCUT2D eigenvalue weighted by molar-refractivity contribution is 7.53. The Balaban J connectivity index is 1.43. The summed E-state index contributed by atoms with van der Waals surface area (Å²) < 4.78 is 24.1. The minimum absolute atomic E-state index is 0.0415. The van der Waals surface area contributed by atoms with Gasteiger partial charge < -0.3 is 23.7 Å². The van der Waals surface area contributed by atoms with E-state index in [2.05, 4.69) is 0 Å². The average molecular weight is 650 g/mol. The topological polar surface area (TPSA) is 96.5 Å². The predicted octanol–water partition coefficient (Wildman–Crippen LogP) is 6.35. The number of rotatable bonds is 11. The highest BCUT2D eigenvalue weighted by Gasteiger charge is 2.31. The number of nitrogens with zero attached hydrogens (tertiary/aromatic N) is 3. The summed E-state index contributed by atoms with van der Waals surface area (Å²) in [5.41, 5.74) is 4.21. The van der Waals surface area contributed by atoms with E-state index in [-0.39, 0.29) is 56.7 Å². The summed E-state index contributed by atoms with van der Waals surface area (Å²) in [7, 11) is -3.26. The lowest BCUT2D eigenvalue weighted by molar-refractivity contribution is -0.119. The zero-order valence-electron chi connectivity index (χ0n) is 25.5. The zero-order valence-corrected chi connectivity index (χ0v) is 27.1. The summed E-state index contributed by atoms with van der Waals surface area (Å²) in [5, 5.41) is 0.519. The molecule has 0 unspecified atom stereocenters. The summed E-state index contributed by atoms with van der Waals surface area (Å²) in [6, 6.07) is 19.6. The zero-order chi connectivity index (χ0) is 32.0. The van der Waals surface area contributed by atoms with Gasteiger partial charge in [0.1, 0.15) is 6.54 Å². The third-order valence-corrected chi connectivity index (χ3v) is 10.1. The molecule has 0 atom stereocenters. The molecule has 2 aliphatic rings. The smallest absolute Gasteiger partial charge is 0.330 e. The summed E-state index contributed by atoms with van der Waals surface area (Å²) >= 11 is 6.04. The number of hydrogen-bond acceptors (Lipinski definition) is 6. The van der Waals surface area contributed by atoms with Crippen LogP contribution >= 0.6 is 19.2 Å². The first-order valence-corrected chi connectivity index (χ1v) is 17.2. The van der Waals surface area contributed by atoms with E-state index in [1.165, 1.54) is 4.90 Å². The molecule has 0 saturated heterocycles. The summed E-state index contributed by atoms with van der Waals surface area (Å²) in [4.78, 5) is 45.2. The first-order valence-electron chi connectivity index (χ1n) is 15.1.